The minimum absolute atomic E-state index is 0.177. The zero-order valence-electron chi connectivity index (χ0n) is 19.5. The van der Waals surface area contributed by atoms with Crippen LogP contribution in [0.4, 0.5) is 4.79 Å². The van der Waals surface area contributed by atoms with Gasteiger partial charge in [-0.3, -0.25) is 14.5 Å². The molecule has 0 aliphatic carbocycles. The SMILES string of the molecule is COC(=O)C[C@H](NC[C@H](CO)NCC1COC(C)(C)N1C(=O)OC(C)(C)C)C(=O)OC. The van der Waals surface area contributed by atoms with E-state index in [4.69, 9.17) is 14.2 Å². The van der Waals surface area contributed by atoms with E-state index in [0.717, 1.165) is 0 Å². The van der Waals surface area contributed by atoms with Crippen LogP contribution in [0.15, 0.2) is 0 Å². The lowest BCUT2D eigenvalue weighted by Crippen LogP contribution is -2.55. The van der Waals surface area contributed by atoms with Crippen LogP contribution in [0, 0.1) is 0 Å². The van der Waals surface area contributed by atoms with E-state index in [1.165, 1.54) is 14.2 Å². The van der Waals surface area contributed by atoms with E-state index in [1.54, 1.807) is 39.5 Å². The van der Waals surface area contributed by atoms with Crippen LogP contribution in [0.3, 0.4) is 0 Å². The third-order valence-corrected chi connectivity index (χ3v) is 4.72. The van der Waals surface area contributed by atoms with Crippen molar-refractivity contribution in [3.8, 4) is 0 Å². The fraction of sp³-hybridized carbons (Fsp3) is 0.850. The second kappa shape index (κ2) is 11.6. The Bertz CT molecular complexity index is 620. The number of carbonyl (C=O) groups excluding carboxylic acids is 3. The van der Waals surface area contributed by atoms with Gasteiger partial charge in [0, 0.05) is 19.1 Å². The van der Waals surface area contributed by atoms with Crippen molar-refractivity contribution in [1.29, 1.82) is 0 Å². The summed E-state index contributed by atoms with van der Waals surface area (Å²) < 4.78 is 20.6. The number of esters is 2. The Morgan fingerprint density at radius 1 is 1.19 bits per heavy atom. The molecular weight excluding hydrogens is 410 g/mol. The van der Waals surface area contributed by atoms with E-state index in [9.17, 15) is 19.5 Å². The number of aliphatic hydroxyl groups excluding tert-OH is 1. The molecule has 1 aliphatic heterocycles. The molecule has 0 aromatic carbocycles. The first kappa shape index (κ1) is 27.1. The summed E-state index contributed by atoms with van der Waals surface area (Å²) in [6.45, 7) is 9.53. The van der Waals surface area contributed by atoms with Gasteiger partial charge in [0.15, 0.2) is 0 Å². The molecule has 11 heteroatoms. The summed E-state index contributed by atoms with van der Waals surface area (Å²) in [5, 5.41) is 15.8. The van der Waals surface area contributed by atoms with Gasteiger partial charge in [-0.15, -0.1) is 0 Å². The van der Waals surface area contributed by atoms with Crippen molar-refractivity contribution in [2.24, 2.45) is 0 Å². The van der Waals surface area contributed by atoms with Crippen molar-refractivity contribution in [3.05, 3.63) is 0 Å². The smallest absolute Gasteiger partial charge is 0.412 e. The number of carbonyl (C=O) groups is 3. The quantitative estimate of drug-likeness (QED) is 0.310. The van der Waals surface area contributed by atoms with Crippen LogP contribution in [-0.4, -0.2) is 98.0 Å². The maximum Gasteiger partial charge on any atom is 0.412 e. The Morgan fingerprint density at radius 2 is 1.84 bits per heavy atom. The predicted molar refractivity (Wildman–Crippen MR) is 111 cm³/mol. The van der Waals surface area contributed by atoms with Gasteiger partial charge in [0.2, 0.25) is 0 Å². The van der Waals surface area contributed by atoms with Crippen molar-refractivity contribution in [2.45, 2.75) is 70.5 Å². The van der Waals surface area contributed by atoms with Gasteiger partial charge in [-0.2, -0.15) is 0 Å². The zero-order valence-corrected chi connectivity index (χ0v) is 19.5. The molecule has 1 aliphatic rings. The van der Waals surface area contributed by atoms with E-state index in [2.05, 4.69) is 15.4 Å². The maximum absolute atomic E-state index is 12.7. The third kappa shape index (κ3) is 8.60. The van der Waals surface area contributed by atoms with Gasteiger partial charge in [-0.25, -0.2) is 4.79 Å². The Balaban J connectivity index is 2.71. The molecule has 0 aromatic rings. The van der Waals surface area contributed by atoms with Crippen molar-refractivity contribution >= 4 is 18.0 Å². The molecule has 1 unspecified atom stereocenters. The van der Waals surface area contributed by atoms with Crippen molar-refractivity contribution in [2.75, 3.05) is 40.5 Å². The number of nitrogens with zero attached hydrogens (tertiary/aromatic N) is 1. The van der Waals surface area contributed by atoms with Crippen LogP contribution in [0.5, 0.6) is 0 Å². The zero-order chi connectivity index (χ0) is 23.8. The molecule has 1 amide bonds. The molecule has 1 rings (SSSR count). The summed E-state index contributed by atoms with van der Waals surface area (Å²) >= 11 is 0. The normalized spacial score (nSPS) is 20.1. The standard InChI is InChI=1S/C20H37N3O8/c1-19(2,3)31-18(27)23-14(12-30-20(23,4)5)10-21-13(11-24)9-22-15(17(26)29-7)8-16(25)28-6/h13-15,21-22,24H,8-12H2,1-7H3/t13-,14?,15+/m1/s1. The van der Waals surface area contributed by atoms with Crippen LogP contribution < -0.4 is 10.6 Å². The first-order valence-electron chi connectivity index (χ1n) is 10.2. The summed E-state index contributed by atoms with van der Waals surface area (Å²) in [7, 11) is 2.46. The van der Waals surface area contributed by atoms with E-state index in [0.29, 0.717) is 13.2 Å². The Morgan fingerprint density at radius 3 is 2.35 bits per heavy atom. The van der Waals surface area contributed by atoms with E-state index in [1.807, 2.05) is 0 Å². The van der Waals surface area contributed by atoms with Crippen LogP contribution in [0.1, 0.15) is 41.0 Å². The van der Waals surface area contributed by atoms with E-state index < -0.39 is 41.4 Å². The minimum Gasteiger partial charge on any atom is -0.469 e. The van der Waals surface area contributed by atoms with Gasteiger partial charge in [0.05, 0.1) is 39.9 Å². The number of rotatable bonds is 10. The molecule has 3 atom stereocenters. The lowest BCUT2D eigenvalue weighted by Gasteiger charge is -2.35. The number of aliphatic hydroxyl groups is 1. The number of methoxy groups -OCH3 is 2. The highest BCUT2D eigenvalue weighted by Crippen LogP contribution is 2.29. The van der Waals surface area contributed by atoms with Gasteiger partial charge < -0.3 is 34.7 Å². The molecule has 1 saturated heterocycles. The van der Waals surface area contributed by atoms with Gasteiger partial charge in [0.1, 0.15) is 17.4 Å². The molecule has 11 nitrogen and oxygen atoms in total. The molecule has 0 bridgehead atoms. The van der Waals surface area contributed by atoms with Crippen LogP contribution in [-0.2, 0) is 28.5 Å². The predicted octanol–water partition coefficient (Wildman–Crippen LogP) is 0.00320. The van der Waals surface area contributed by atoms with Crippen LogP contribution in [0.2, 0.25) is 0 Å². The highest BCUT2D eigenvalue weighted by atomic mass is 16.6. The molecular formula is C20H37N3O8. The molecule has 180 valence electrons. The van der Waals surface area contributed by atoms with Crippen molar-refractivity contribution < 1.29 is 38.4 Å². The molecule has 31 heavy (non-hydrogen) atoms. The molecule has 0 saturated carbocycles. The first-order valence-corrected chi connectivity index (χ1v) is 10.2. The van der Waals surface area contributed by atoms with Gasteiger partial charge in [0.25, 0.3) is 0 Å². The minimum atomic E-state index is -0.902. The maximum atomic E-state index is 12.7. The van der Waals surface area contributed by atoms with Gasteiger partial charge in [-0.1, -0.05) is 0 Å². The number of hydrogen-bond acceptors (Lipinski definition) is 10. The fourth-order valence-corrected chi connectivity index (χ4v) is 3.13. The second-order valence-corrected chi connectivity index (χ2v) is 8.81. The lowest BCUT2D eigenvalue weighted by atomic mass is 10.1. The first-order chi connectivity index (χ1) is 14.3. The largest absolute Gasteiger partial charge is 0.469 e. The molecule has 0 aromatic heterocycles. The highest BCUT2D eigenvalue weighted by Gasteiger charge is 2.45. The lowest BCUT2D eigenvalue weighted by molar-refractivity contribution is -0.149. The summed E-state index contributed by atoms with van der Waals surface area (Å²) in [6.07, 6.45) is -0.678. The van der Waals surface area contributed by atoms with Gasteiger partial charge >= 0.3 is 18.0 Å². The average molecular weight is 448 g/mol. The monoisotopic (exact) mass is 447 g/mol. The molecule has 1 heterocycles. The summed E-state index contributed by atoms with van der Waals surface area (Å²) in [5.41, 5.74) is -1.48. The number of nitrogens with one attached hydrogen (secondary N) is 2. The van der Waals surface area contributed by atoms with Crippen molar-refractivity contribution in [1.82, 2.24) is 15.5 Å². The van der Waals surface area contributed by atoms with Crippen LogP contribution >= 0.6 is 0 Å². The molecule has 1 fully saturated rings. The summed E-state index contributed by atoms with van der Waals surface area (Å²) in [6, 6.07) is -1.67. The highest BCUT2D eigenvalue weighted by molar-refractivity contribution is 5.82. The fourth-order valence-electron chi connectivity index (χ4n) is 3.13. The molecule has 0 radical (unpaired) electrons. The Hall–Kier alpha value is -1.95. The summed E-state index contributed by atoms with van der Waals surface area (Å²) in [5.74, 6) is -1.17. The average Bonchev–Trinajstić information content (AvgIpc) is 2.99. The van der Waals surface area contributed by atoms with E-state index in [-0.39, 0.29) is 25.6 Å². The van der Waals surface area contributed by atoms with E-state index >= 15 is 0 Å². The Kier molecular flexibility index (Phi) is 10.1. The second-order valence-electron chi connectivity index (χ2n) is 8.81. The van der Waals surface area contributed by atoms with Gasteiger partial charge in [-0.05, 0) is 34.6 Å². The summed E-state index contributed by atoms with van der Waals surface area (Å²) in [4.78, 5) is 37.6. The number of hydrogen-bond donors (Lipinski definition) is 3. The Labute approximate surface area is 183 Å². The molecule has 3 N–H and O–H groups in total. The molecule has 0 spiro atoms. The van der Waals surface area contributed by atoms with Crippen LogP contribution in [0.25, 0.3) is 0 Å². The topological polar surface area (TPSA) is 136 Å². The number of amides is 1. The van der Waals surface area contributed by atoms with Crippen molar-refractivity contribution in [3.63, 3.8) is 0 Å². The third-order valence-electron chi connectivity index (χ3n) is 4.72. The number of ether oxygens (including phenoxy) is 4.